The second kappa shape index (κ2) is 7.80. The summed E-state index contributed by atoms with van der Waals surface area (Å²) in [5.74, 6) is -0.907. The van der Waals surface area contributed by atoms with Crippen molar-refractivity contribution < 1.29 is 19.1 Å². The lowest BCUT2D eigenvalue weighted by Gasteiger charge is -2.25. The highest BCUT2D eigenvalue weighted by Crippen LogP contribution is 2.31. The summed E-state index contributed by atoms with van der Waals surface area (Å²) in [7, 11) is 0. The number of carbonyl (C=O) groups excluding carboxylic acids is 3. The molecule has 8 nitrogen and oxygen atoms in total. The van der Waals surface area contributed by atoms with E-state index in [4.69, 9.17) is 10.00 Å². The van der Waals surface area contributed by atoms with Gasteiger partial charge in [-0.05, 0) is 30.2 Å². The third-order valence-corrected chi connectivity index (χ3v) is 4.46. The second-order valence-electron chi connectivity index (χ2n) is 6.16. The molecule has 28 heavy (non-hydrogen) atoms. The van der Waals surface area contributed by atoms with E-state index in [0.717, 1.165) is 0 Å². The van der Waals surface area contributed by atoms with Crippen LogP contribution in [0.3, 0.4) is 0 Å². The Morgan fingerprint density at radius 1 is 1.21 bits per heavy atom. The molecule has 142 valence electrons. The highest BCUT2D eigenvalue weighted by atomic mass is 16.5. The number of nitrogens with one attached hydrogen (secondary N) is 2. The third kappa shape index (κ3) is 3.50. The van der Waals surface area contributed by atoms with Crippen LogP contribution in [0.4, 0.5) is 4.79 Å². The first-order valence-electron chi connectivity index (χ1n) is 8.65. The van der Waals surface area contributed by atoms with Gasteiger partial charge in [-0.25, -0.2) is 4.79 Å². The molecule has 1 atom stereocenters. The maximum absolute atomic E-state index is 12.9. The monoisotopic (exact) mass is 378 g/mol. The minimum Gasteiger partial charge on any atom is -0.484 e. The molecule has 0 bridgehead atoms. The SMILES string of the molecule is CC[C@@]1(c2ccccc2)NC(=O)N(NC(=O)COc2cccc(C#N)c2)C1=O. The number of rotatable bonds is 6. The molecule has 1 fully saturated rings. The van der Waals surface area contributed by atoms with Crippen LogP contribution in [0.15, 0.2) is 54.6 Å². The highest BCUT2D eigenvalue weighted by Gasteiger charge is 2.52. The van der Waals surface area contributed by atoms with E-state index >= 15 is 0 Å². The number of benzene rings is 2. The fourth-order valence-corrected chi connectivity index (χ4v) is 3.00. The van der Waals surface area contributed by atoms with E-state index in [1.807, 2.05) is 12.1 Å². The van der Waals surface area contributed by atoms with Gasteiger partial charge in [-0.2, -0.15) is 10.3 Å². The Hall–Kier alpha value is -3.86. The molecule has 1 aliphatic rings. The van der Waals surface area contributed by atoms with E-state index in [1.54, 1.807) is 49.4 Å². The molecule has 0 aromatic heterocycles. The van der Waals surface area contributed by atoms with E-state index in [-0.39, 0.29) is 0 Å². The topological polar surface area (TPSA) is 112 Å². The lowest BCUT2D eigenvalue weighted by molar-refractivity contribution is -0.140. The summed E-state index contributed by atoms with van der Waals surface area (Å²) in [5.41, 5.74) is 2.08. The van der Waals surface area contributed by atoms with E-state index in [2.05, 4.69) is 10.7 Å². The summed E-state index contributed by atoms with van der Waals surface area (Å²) in [4.78, 5) is 37.4. The van der Waals surface area contributed by atoms with Gasteiger partial charge in [0.1, 0.15) is 11.3 Å². The van der Waals surface area contributed by atoms with Crippen LogP contribution in [-0.4, -0.2) is 29.5 Å². The average molecular weight is 378 g/mol. The smallest absolute Gasteiger partial charge is 0.344 e. The summed E-state index contributed by atoms with van der Waals surface area (Å²) in [6, 6.07) is 16.4. The number of carbonyl (C=O) groups is 3. The van der Waals surface area contributed by atoms with Gasteiger partial charge in [-0.1, -0.05) is 43.3 Å². The van der Waals surface area contributed by atoms with Crippen LogP contribution in [0.2, 0.25) is 0 Å². The van der Waals surface area contributed by atoms with Crippen LogP contribution in [0.1, 0.15) is 24.5 Å². The molecular weight excluding hydrogens is 360 g/mol. The van der Waals surface area contributed by atoms with Gasteiger partial charge < -0.3 is 10.1 Å². The molecule has 0 spiro atoms. The number of ether oxygens (including phenoxy) is 1. The molecule has 1 aliphatic heterocycles. The summed E-state index contributed by atoms with van der Waals surface area (Å²) < 4.78 is 5.32. The fraction of sp³-hybridized carbons (Fsp3) is 0.200. The van der Waals surface area contributed by atoms with Crippen LogP contribution in [0, 0.1) is 11.3 Å². The second-order valence-corrected chi connectivity index (χ2v) is 6.16. The van der Waals surface area contributed by atoms with Crippen molar-refractivity contribution in [3.63, 3.8) is 0 Å². The van der Waals surface area contributed by atoms with Crippen molar-refractivity contribution in [1.82, 2.24) is 15.8 Å². The first-order chi connectivity index (χ1) is 13.5. The van der Waals surface area contributed by atoms with E-state index in [0.29, 0.717) is 28.3 Å². The normalized spacial score (nSPS) is 18.4. The lowest BCUT2D eigenvalue weighted by Crippen LogP contribution is -2.49. The number of hydrogen-bond donors (Lipinski definition) is 2. The first kappa shape index (κ1) is 18.9. The number of nitrogens with zero attached hydrogens (tertiary/aromatic N) is 2. The molecular formula is C20H18N4O4. The predicted octanol–water partition coefficient (Wildman–Crippen LogP) is 1.83. The van der Waals surface area contributed by atoms with Crippen molar-refractivity contribution in [2.45, 2.75) is 18.9 Å². The molecule has 1 heterocycles. The zero-order valence-corrected chi connectivity index (χ0v) is 15.1. The van der Waals surface area contributed by atoms with Crippen molar-refractivity contribution >= 4 is 17.8 Å². The Morgan fingerprint density at radius 3 is 2.64 bits per heavy atom. The Kier molecular flexibility index (Phi) is 5.27. The molecule has 0 unspecified atom stereocenters. The van der Waals surface area contributed by atoms with Crippen LogP contribution in [-0.2, 0) is 15.1 Å². The fourth-order valence-electron chi connectivity index (χ4n) is 3.00. The van der Waals surface area contributed by atoms with Gasteiger partial charge in [0.05, 0.1) is 11.6 Å². The van der Waals surface area contributed by atoms with E-state index in [1.165, 1.54) is 6.07 Å². The average Bonchev–Trinajstić information content (AvgIpc) is 2.98. The maximum atomic E-state index is 12.9. The lowest BCUT2D eigenvalue weighted by atomic mass is 9.87. The van der Waals surface area contributed by atoms with Gasteiger partial charge >= 0.3 is 6.03 Å². The molecule has 2 aromatic rings. The van der Waals surface area contributed by atoms with Crippen molar-refractivity contribution in [2.24, 2.45) is 0 Å². The van der Waals surface area contributed by atoms with Gasteiger partial charge in [0.25, 0.3) is 11.8 Å². The molecule has 0 saturated carbocycles. The highest BCUT2D eigenvalue weighted by molar-refractivity contribution is 6.08. The van der Waals surface area contributed by atoms with E-state index in [9.17, 15) is 14.4 Å². The van der Waals surface area contributed by atoms with Crippen LogP contribution in [0.5, 0.6) is 5.75 Å². The number of imide groups is 1. The number of amides is 4. The summed E-state index contributed by atoms with van der Waals surface area (Å²) in [6.07, 6.45) is 0.325. The number of nitriles is 1. The molecule has 2 aromatic carbocycles. The number of hydrazine groups is 1. The van der Waals surface area contributed by atoms with Crippen molar-refractivity contribution in [3.05, 3.63) is 65.7 Å². The van der Waals surface area contributed by atoms with E-state index < -0.39 is 30.0 Å². The Morgan fingerprint density at radius 2 is 1.96 bits per heavy atom. The van der Waals surface area contributed by atoms with Crippen LogP contribution in [0.25, 0.3) is 0 Å². The first-order valence-corrected chi connectivity index (χ1v) is 8.65. The zero-order chi connectivity index (χ0) is 20.1. The minimum absolute atomic E-state index is 0.325. The van der Waals surface area contributed by atoms with Crippen molar-refractivity contribution in [1.29, 1.82) is 5.26 Å². The molecule has 0 radical (unpaired) electrons. The summed E-state index contributed by atoms with van der Waals surface area (Å²) >= 11 is 0. The van der Waals surface area contributed by atoms with Gasteiger partial charge in [-0.3, -0.25) is 15.0 Å². The Bertz CT molecular complexity index is 954. The molecule has 4 amide bonds. The molecule has 0 aliphatic carbocycles. The largest absolute Gasteiger partial charge is 0.484 e. The van der Waals surface area contributed by atoms with Crippen LogP contribution >= 0.6 is 0 Å². The van der Waals surface area contributed by atoms with Gasteiger partial charge in [0.15, 0.2) is 6.61 Å². The zero-order valence-electron chi connectivity index (χ0n) is 15.1. The molecule has 3 rings (SSSR count). The minimum atomic E-state index is -1.23. The van der Waals surface area contributed by atoms with Gasteiger partial charge in [0, 0.05) is 0 Å². The van der Waals surface area contributed by atoms with Crippen LogP contribution < -0.4 is 15.5 Å². The molecule has 1 saturated heterocycles. The quantitative estimate of drug-likeness (QED) is 0.745. The van der Waals surface area contributed by atoms with Crippen molar-refractivity contribution in [3.8, 4) is 11.8 Å². The van der Waals surface area contributed by atoms with Crippen molar-refractivity contribution in [2.75, 3.05) is 6.61 Å². The van der Waals surface area contributed by atoms with Gasteiger partial charge in [-0.15, -0.1) is 0 Å². The maximum Gasteiger partial charge on any atom is 0.344 e. The number of urea groups is 1. The Balaban J connectivity index is 1.68. The summed E-state index contributed by atoms with van der Waals surface area (Å²) in [5, 5.41) is 12.2. The predicted molar refractivity (Wildman–Crippen MR) is 98.6 cm³/mol. The standard InChI is InChI=1S/C20H18N4O4/c1-2-20(15-8-4-3-5-9-15)18(26)24(19(27)22-20)23-17(25)13-28-16-10-6-7-14(11-16)12-21/h3-11H,2,13H2,1H3,(H,22,27)(H,23,25)/t20-/m0/s1. The van der Waals surface area contributed by atoms with Gasteiger partial charge in [0.2, 0.25) is 0 Å². The third-order valence-electron chi connectivity index (χ3n) is 4.46. The Labute approximate surface area is 161 Å². The number of hydrogen-bond acceptors (Lipinski definition) is 5. The molecule has 8 heteroatoms. The molecule has 2 N–H and O–H groups in total. The summed E-state index contributed by atoms with van der Waals surface area (Å²) in [6.45, 7) is 1.36.